The first kappa shape index (κ1) is 18.0. The van der Waals surface area contributed by atoms with Gasteiger partial charge >= 0.3 is 0 Å². The molecule has 0 spiro atoms. The van der Waals surface area contributed by atoms with Crippen molar-refractivity contribution in [2.75, 3.05) is 14.2 Å². The lowest BCUT2D eigenvalue weighted by Gasteiger charge is -2.15. The molecule has 6 nitrogen and oxygen atoms in total. The van der Waals surface area contributed by atoms with Crippen molar-refractivity contribution in [2.24, 2.45) is 0 Å². The highest BCUT2D eigenvalue weighted by Crippen LogP contribution is 2.34. The molecule has 3 aromatic rings. The van der Waals surface area contributed by atoms with Gasteiger partial charge < -0.3 is 19.1 Å². The molecular weight excluding hydrogens is 356 g/mol. The Morgan fingerprint density at radius 1 is 1.19 bits per heavy atom. The van der Waals surface area contributed by atoms with E-state index in [-0.39, 0.29) is 12.4 Å². The first-order chi connectivity index (χ1) is 12.6. The van der Waals surface area contributed by atoms with Crippen molar-refractivity contribution in [1.82, 2.24) is 9.55 Å². The largest absolute Gasteiger partial charge is 0.493 e. The van der Waals surface area contributed by atoms with Crippen molar-refractivity contribution < 1.29 is 19.4 Å². The standard InChI is InChI=1S/C19H17ClN2O4/c1-25-16-5-3-4-13(19(16)26-2)18(24)14-10-12(20)6-7-15(14)22-9-8-21-17(22)11-23/h3-10,23H,11H2,1-2H3. The molecule has 0 unspecified atom stereocenters. The number of nitrogens with zero attached hydrogens (tertiary/aromatic N) is 2. The van der Waals surface area contributed by atoms with Gasteiger partial charge in [0.05, 0.1) is 25.5 Å². The maximum Gasteiger partial charge on any atom is 0.199 e. The summed E-state index contributed by atoms with van der Waals surface area (Å²) < 4.78 is 12.3. The van der Waals surface area contributed by atoms with Crippen molar-refractivity contribution in [3.05, 3.63) is 70.8 Å². The number of para-hydroxylation sites is 1. The van der Waals surface area contributed by atoms with Gasteiger partial charge in [0.2, 0.25) is 0 Å². The molecule has 2 aromatic carbocycles. The number of imidazole rings is 1. The zero-order chi connectivity index (χ0) is 18.7. The number of carbonyl (C=O) groups excluding carboxylic acids is 1. The van der Waals surface area contributed by atoms with Crippen LogP contribution in [0.3, 0.4) is 0 Å². The molecule has 1 N–H and O–H groups in total. The quantitative estimate of drug-likeness (QED) is 0.672. The van der Waals surface area contributed by atoms with Gasteiger partial charge in [0.15, 0.2) is 17.3 Å². The number of aliphatic hydroxyl groups excluding tert-OH is 1. The molecule has 0 amide bonds. The Kier molecular flexibility index (Phi) is 5.25. The van der Waals surface area contributed by atoms with E-state index in [0.29, 0.717) is 39.2 Å². The molecule has 1 heterocycles. The molecule has 0 aliphatic carbocycles. The molecule has 0 aliphatic heterocycles. The summed E-state index contributed by atoms with van der Waals surface area (Å²) in [7, 11) is 2.99. The summed E-state index contributed by atoms with van der Waals surface area (Å²) in [4.78, 5) is 17.4. The first-order valence-electron chi connectivity index (χ1n) is 7.79. The average Bonchev–Trinajstić information content (AvgIpc) is 3.15. The number of hydrogen-bond acceptors (Lipinski definition) is 5. The highest BCUT2D eigenvalue weighted by molar-refractivity contribution is 6.31. The summed E-state index contributed by atoms with van der Waals surface area (Å²) >= 11 is 6.13. The molecule has 7 heteroatoms. The van der Waals surface area contributed by atoms with Crippen LogP contribution in [0.5, 0.6) is 11.5 Å². The third kappa shape index (κ3) is 3.16. The Balaban J connectivity index is 2.19. The Labute approximate surface area is 155 Å². The Morgan fingerprint density at radius 2 is 2.00 bits per heavy atom. The van der Waals surface area contributed by atoms with Crippen LogP contribution in [0.25, 0.3) is 5.69 Å². The fourth-order valence-corrected chi connectivity index (χ4v) is 2.95. The third-order valence-corrected chi connectivity index (χ3v) is 4.20. The SMILES string of the molecule is COc1cccc(C(=O)c2cc(Cl)ccc2-n2ccnc2CO)c1OC. The Bertz CT molecular complexity index is 952. The maximum atomic E-state index is 13.3. The highest BCUT2D eigenvalue weighted by Gasteiger charge is 2.22. The number of rotatable bonds is 6. The van der Waals surface area contributed by atoms with Crippen molar-refractivity contribution >= 4 is 17.4 Å². The van der Waals surface area contributed by atoms with Crippen LogP contribution in [0, 0.1) is 0 Å². The van der Waals surface area contributed by atoms with Gasteiger partial charge in [-0.1, -0.05) is 17.7 Å². The molecule has 0 aliphatic rings. The van der Waals surface area contributed by atoms with E-state index < -0.39 is 0 Å². The number of hydrogen-bond donors (Lipinski definition) is 1. The molecule has 26 heavy (non-hydrogen) atoms. The van der Waals surface area contributed by atoms with E-state index in [9.17, 15) is 9.90 Å². The second kappa shape index (κ2) is 7.59. The maximum absolute atomic E-state index is 13.3. The van der Waals surface area contributed by atoms with Crippen molar-refractivity contribution in [3.8, 4) is 17.2 Å². The summed E-state index contributed by atoms with van der Waals surface area (Å²) in [5, 5.41) is 9.91. The van der Waals surface area contributed by atoms with Gasteiger partial charge in [-0.25, -0.2) is 4.98 Å². The number of ketones is 1. The second-order valence-corrected chi connectivity index (χ2v) is 5.84. The molecule has 0 saturated heterocycles. The molecule has 0 saturated carbocycles. The number of benzene rings is 2. The average molecular weight is 373 g/mol. The van der Waals surface area contributed by atoms with Crippen molar-refractivity contribution in [1.29, 1.82) is 0 Å². The second-order valence-electron chi connectivity index (χ2n) is 5.40. The van der Waals surface area contributed by atoms with Crippen LogP contribution in [-0.2, 0) is 6.61 Å². The lowest BCUT2D eigenvalue weighted by molar-refractivity contribution is 0.103. The van der Waals surface area contributed by atoms with E-state index in [0.717, 1.165) is 0 Å². The van der Waals surface area contributed by atoms with E-state index in [4.69, 9.17) is 21.1 Å². The van der Waals surface area contributed by atoms with Gasteiger partial charge in [0.1, 0.15) is 12.4 Å². The fraction of sp³-hybridized carbons (Fsp3) is 0.158. The summed E-state index contributed by atoms with van der Waals surface area (Å²) in [6, 6.07) is 10.1. The highest BCUT2D eigenvalue weighted by atomic mass is 35.5. The minimum Gasteiger partial charge on any atom is -0.493 e. The van der Waals surface area contributed by atoms with Crippen LogP contribution in [0.1, 0.15) is 21.7 Å². The van der Waals surface area contributed by atoms with E-state index in [2.05, 4.69) is 4.98 Å². The number of ether oxygens (including phenoxy) is 2. The monoisotopic (exact) mass is 372 g/mol. The van der Waals surface area contributed by atoms with Crippen molar-refractivity contribution in [3.63, 3.8) is 0 Å². The lowest BCUT2D eigenvalue weighted by atomic mass is 10.00. The fourth-order valence-electron chi connectivity index (χ4n) is 2.78. The van der Waals surface area contributed by atoms with Crippen LogP contribution in [0.4, 0.5) is 0 Å². The van der Waals surface area contributed by atoms with Gasteiger partial charge in [-0.2, -0.15) is 0 Å². The van der Waals surface area contributed by atoms with Crippen LogP contribution < -0.4 is 9.47 Å². The van der Waals surface area contributed by atoms with E-state index >= 15 is 0 Å². The number of aromatic nitrogens is 2. The minimum atomic E-state index is -0.282. The summed E-state index contributed by atoms with van der Waals surface area (Å²) in [5.74, 6) is 0.939. The van der Waals surface area contributed by atoms with E-state index in [1.54, 1.807) is 53.4 Å². The zero-order valence-corrected chi connectivity index (χ0v) is 15.0. The summed E-state index contributed by atoms with van der Waals surface area (Å²) in [5.41, 5.74) is 1.27. The summed E-state index contributed by atoms with van der Waals surface area (Å²) in [6.07, 6.45) is 3.23. The first-order valence-corrected chi connectivity index (χ1v) is 8.17. The van der Waals surface area contributed by atoms with Gasteiger partial charge in [0.25, 0.3) is 0 Å². The van der Waals surface area contributed by atoms with Crippen LogP contribution in [0.15, 0.2) is 48.8 Å². The molecule has 134 valence electrons. The van der Waals surface area contributed by atoms with Crippen LogP contribution in [0.2, 0.25) is 5.02 Å². The molecule has 3 rings (SSSR count). The third-order valence-electron chi connectivity index (χ3n) is 3.97. The zero-order valence-electron chi connectivity index (χ0n) is 14.3. The van der Waals surface area contributed by atoms with Gasteiger partial charge in [0, 0.05) is 23.0 Å². The number of carbonyl (C=O) groups is 1. The predicted molar refractivity (Wildman–Crippen MR) is 97.5 cm³/mol. The number of methoxy groups -OCH3 is 2. The molecule has 0 radical (unpaired) electrons. The normalized spacial score (nSPS) is 10.6. The van der Waals surface area contributed by atoms with Crippen LogP contribution >= 0.6 is 11.6 Å². The number of halogens is 1. The summed E-state index contributed by atoms with van der Waals surface area (Å²) in [6.45, 7) is -0.258. The van der Waals surface area contributed by atoms with Crippen LogP contribution in [-0.4, -0.2) is 34.7 Å². The topological polar surface area (TPSA) is 73.6 Å². The van der Waals surface area contributed by atoms with Gasteiger partial charge in [-0.05, 0) is 30.3 Å². The Morgan fingerprint density at radius 3 is 2.69 bits per heavy atom. The van der Waals surface area contributed by atoms with E-state index in [1.807, 2.05) is 0 Å². The molecule has 0 atom stereocenters. The lowest BCUT2D eigenvalue weighted by Crippen LogP contribution is -2.11. The van der Waals surface area contributed by atoms with E-state index in [1.165, 1.54) is 14.2 Å². The smallest absolute Gasteiger partial charge is 0.199 e. The van der Waals surface area contributed by atoms with Crippen molar-refractivity contribution in [2.45, 2.75) is 6.61 Å². The van der Waals surface area contributed by atoms with Gasteiger partial charge in [-0.3, -0.25) is 4.79 Å². The Hall–Kier alpha value is -2.83. The predicted octanol–water partition coefficient (Wildman–Crippen LogP) is 3.27. The molecule has 0 fully saturated rings. The molecular formula is C19H17ClN2O4. The van der Waals surface area contributed by atoms with Gasteiger partial charge in [-0.15, -0.1) is 0 Å². The number of aliphatic hydroxyl groups is 1. The molecule has 0 bridgehead atoms. The minimum absolute atomic E-state index is 0.258. The molecule has 1 aromatic heterocycles.